The second-order valence-corrected chi connectivity index (χ2v) is 5.91. The average Bonchev–Trinajstić information content (AvgIpc) is 2.76. The molecule has 2 aromatic rings. The van der Waals surface area contributed by atoms with E-state index in [1.807, 2.05) is 6.20 Å². The molecule has 2 heterocycles. The maximum Gasteiger partial charge on any atom is 0.123 e. The number of rotatable bonds is 3. The Morgan fingerprint density at radius 2 is 2.17 bits per heavy atom. The number of aliphatic hydroxyl groups excluding tert-OH is 1. The number of aromatic nitrogens is 1. The number of nitrogens with zero attached hydrogens (tertiary/aromatic N) is 2. The summed E-state index contributed by atoms with van der Waals surface area (Å²) < 4.78 is 0. The second-order valence-electron chi connectivity index (χ2n) is 4.79. The summed E-state index contributed by atoms with van der Waals surface area (Å²) in [6, 6.07) is 8.33. The Balaban J connectivity index is 1.75. The highest BCUT2D eigenvalue weighted by Gasteiger charge is 2.24. The van der Waals surface area contributed by atoms with Gasteiger partial charge in [0, 0.05) is 36.3 Å². The minimum Gasteiger partial charge on any atom is -0.390 e. The van der Waals surface area contributed by atoms with Crippen LogP contribution in [0, 0.1) is 6.92 Å². The van der Waals surface area contributed by atoms with Gasteiger partial charge in [-0.1, -0.05) is 24.3 Å². The zero-order chi connectivity index (χ0) is 12.5. The molecule has 0 aliphatic carbocycles. The van der Waals surface area contributed by atoms with E-state index in [1.54, 1.807) is 11.3 Å². The first kappa shape index (κ1) is 11.8. The van der Waals surface area contributed by atoms with Crippen LogP contribution in [0.3, 0.4) is 0 Å². The number of aryl methyl sites for hydroxylation is 1. The zero-order valence-corrected chi connectivity index (χ0v) is 11.2. The molecule has 3 rings (SSSR count). The smallest absolute Gasteiger partial charge is 0.123 e. The highest BCUT2D eigenvalue weighted by atomic mass is 32.1. The summed E-state index contributed by atoms with van der Waals surface area (Å²) in [7, 11) is 0. The molecule has 0 amide bonds. The van der Waals surface area contributed by atoms with Crippen molar-refractivity contribution in [2.45, 2.75) is 19.6 Å². The van der Waals surface area contributed by atoms with Gasteiger partial charge in [0.2, 0.25) is 0 Å². The molecule has 0 bridgehead atoms. The van der Waals surface area contributed by atoms with Crippen molar-refractivity contribution in [2.75, 3.05) is 13.1 Å². The molecule has 1 N–H and O–H groups in total. The summed E-state index contributed by atoms with van der Waals surface area (Å²) in [5.74, 6) is 0. The van der Waals surface area contributed by atoms with Gasteiger partial charge in [-0.15, -0.1) is 11.3 Å². The Kier molecular flexibility index (Phi) is 3.16. The molecule has 1 aliphatic rings. The number of hydrogen-bond acceptors (Lipinski definition) is 4. The normalized spacial score (nSPS) is 16.8. The number of hydrogen-bond donors (Lipinski definition) is 1. The minimum atomic E-state index is -0.131. The lowest BCUT2D eigenvalue weighted by Crippen LogP contribution is -2.49. The van der Waals surface area contributed by atoms with Gasteiger partial charge in [-0.3, -0.25) is 4.90 Å². The quantitative estimate of drug-likeness (QED) is 0.920. The molecule has 18 heavy (non-hydrogen) atoms. The second kappa shape index (κ2) is 4.80. The highest BCUT2D eigenvalue weighted by Crippen LogP contribution is 2.28. The molecule has 0 atom stereocenters. The van der Waals surface area contributed by atoms with Gasteiger partial charge < -0.3 is 5.11 Å². The first-order valence-corrected chi connectivity index (χ1v) is 6.95. The first-order chi connectivity index (χ1) is 8.72. The van der Waals surface area contributed by atoms with E-state index in [9.17, 15) is 5.11 Å². The number of aliphatic hydroxyl groups is 1. The summed E-state index contributed by atoms with van der Waals surface area (Å²) in [6.07, 6.45) is 1.82. The van der Waals surface area contributed by atoms with Crippen molar-refractivity contribution in [1.82, 2.24) is 9.88 Å². The summed E-state index contributed by atoms with van der Waals surface area (Å²) in [5.41, 5.74) is 2.48. The van der Waals surface area contributed by atoms with E-state index in [2.05, 4.69) is 41.1 Å². The van der Waals surface area contributed by atoms with Crippen LogP contribution in [0.4, 0.5) is 0 Å². The van der Waals surface area contributed by atoms with Gasteiger partial charge >= 0.3 is 0 Å². The summed E-state index contributed by atoms with van der Waals surface area (Å²) in [5, 5.41) is 10.3. The van der Waals surface area contributed by atoms with E-state index in [1.165, 1.54) is 16.0 Å². The molecule has 1 saturated heterocycles. The molecule has 1 aromatic carbocycles. The van der Waals surface area contributed by atoms with Crippen molar-refractivity contribution in [3.63, 3.8) is 0 Å². The van der Waals surface area contributed by atoms with Crippen LogP contribution >= 0.6 is 11.3 Å². The number of benzene rings is 1. The fraction of sp³-hybridized carbons (Fsp3) is 0.357. The third kappa shape index (κ3) is 2.32. The third-order valence-corrected chi connectivity index (χ3v) is 4.26. The topological polar surface area (TPSA) is 36.4 Å². The van der Waals surface area contributed by atoms with Gasteiger partial charge in [-0.2, -0.15) is 0 Å². The van der Waals surface area contributed by atoms with E-state index < -0.39 is 0 Å². The van der Waals surface area contributed by atoms with E-state index in [0.717, 1.165) is 24.6 Å². The average molecular weight is 260 g/mol. The van der Waals surface area contributed by atoms with E-state index in [-0.39, 0.29) is 6.10 Å². The van der Waals surface area contributed by atoms with Gasteiger partial charge in [-0.05, 0) is 12.5 Å². The van der Waals surface area contributed by atoms with Crippen molar-refractivity contribution < 1.29 is 5.11 Å². The van der Waals surface area contributed by atoms with Crippen LogP contribution in [-0.2, 0) is 6.54 Å². The van der Waals surface area contributed by atoms with Crippen molar-refractivity contribution >= 4 is 11.3 Å². The van der Waals surface area contributed by atoms with Gasteiger partial charge in [0.25, 0.3) is 0 Å². The number of likely N-dealkylation sites (tertiary alicyclic amines) is 1. The third-order valence-electron chi connectivity index (χ3n) is 3.25. The molecule has 0 spiro atoms. The molecule has 1 aromatic heterocycles. The molecule has 0 radical (unpaired) electrons. The van der Waals surface area contributed by atoms with Gasteiger partial charge in [0.1, 0.15) is 5.01 Å². The summed E-state index contributed by atoms with van der Waals surface area (Å²) >= 11 is 1.74. The first-order valence-electron chi connectivity index (χ1n) is 6.13. The fourth-order valence-electron chi connectivity index (χ4n) is 2.21. The maximum atomic E-state index is 9.26. The Morgan fingerprint density at radius 3 is 2.89 bits per heavy atom. The number of thiazole rings is 1. The van der Waals surface area contributed by atoms with Crippen LogP contribution in [0.2, 0.25) is 0 Å². The molecule has 0 unspecified atom stereocenters. The lowest BCUT2D eigenvalue weighted by molar-refractivity contribution is -0.00232. The molecule has 1 fully saturated rings. The summed E-state index contributed by atoms with van der Waals surface area (Å²) in [4.78, 5) is 8.01. The number of β-amino-alcohol motifs (C(OH)–C–C–N with tert-alkyl or cyclic N) is 1. The standard InChI is InChI=1S/C14H16N2OS/c1-10-4-2-3-5-13(10)14-15-6-12(18-14)9-16-7-11(17)8-16/h2-6,11,17H,7-9H2,1H3. The van der Waals surface area contributed by atoms with E-state index in [4.69, 9.17) is 0 Å². The van der Waals surface area contributed by atoms with Crippen LogP contribution in [0.5, 0.6) is 0 Å². The molecular formula is C14H16N2OS. The van der Waals surface area contributed by atoms with Crippen molar-refractivity contribution in [2.24, 2.45) is 0 Å². The highest BCUT2D eigenvalue weighted by molar-refractivity contribution is 7.15. The van der Waals surface area contributed by atoms with Crippen molar-refractivity contribution in [1.29, 1.82) is 0 Å². The van der Waals surface area contributed by atoms with Crippen molar-refractivity contribution in [3.05, 3.63) is 40.9 Å². The van der Waals surface area contributed by atoms with Crippen molar-refractivity contribution in [3.8, 4) is 10.6 Å². The van der Waals surface area contributed by atoms with Gasteiger partial charge in [0.15, 0.2) is 0 Å². The van der Waals surface area contributed by atoms with Crippen LogP contribution in [0.15, 0.2) is 30.5 Å². The zero-order valence-electron chi connectivity index (χ0n) is 10.3. The predicted molar refractivity (Wildman–Crippen MR) is 73.6 cm³/mol. The Labute approximate surface area is 111 Å². The monoisotopic (exact) mass is 260 g/mol. The molecule has 0 saturated carbocycles. The van der Waals surface area contributed by atoms with Crippen LogP contribution in [0.25, 0.3) is 10.6 Å². The maximum absolute atomic E-state index is 9.26. The Morgan fingerprint density at radius 1 is 1.39 bits per heavy atom. The van der Waals surface area contributed by atoms with E-state index >= 15 is 0 Å². The SMILES string of the molecule is Cc1ccccc1-c1ncc(CN2CC(O)C2)s1. The molecule has 1 aliphatic heterocycles. The van der Waals surface area contributed by atoms with E-state index in [0.29, 0.717) is 0 Å². The molecule has 4 heteroatoms. The Bertz CT molecular complexity index is 546. The van der Waals surface area contributed by atoms with Crippen LogP contribution in [-0.4, -0.2) is 34.2 Å². The lowest BCUT2D eigenvalue weighted by Gasteiger charge is -2.35. The predicted octanol–water partition coefficient (Wildman–Crippen LogP) is 2.30. The van der Waals surface area contributed by atoms with Crippen LogP contribution < -0.4 is 0 Å². The fourth-order valence-corrected chi connectivity index (χ4v) is 3.26. The molecule has 3 nitrogen and oxygen atoms in total. The van der Waals surface area contributed by atoms with Gasteiger partial charge in [-0.25, -0.2) is 4.98 Å². The summed E-state index contributed by atoms with van der Waals surface area (Å²) in [6.45, 7) is 4.60. The van der Waals surface area contributed by atoms with Crippen LogP contribution in [0.1, 0.15) is 10.4 Å². The minimum absolute atomic E-state index is 0.131. The lowest BCUT2D eigenvalue weighted by atomic mass is 10.1. The van der Waals surface area contributed by atoms with Gasteiger partial charge in [0.05, 0.1) is 6.10 Å². The Hall–Kier alpha value is -1.23. The molecule has 94 valence electrons. The molecular weight excluding hydrogens is 244 g/mol. The largest absolute Gasteiger partial charge is 0.390 e.